The van der Waals surface area contributed by atoms with Crippen molar-refractivity contribution in [1.29, 1.82) is 0 Å². The molecular formula is C71H116ClFIN11O16P5+. The quantitative estimate of drug-likeness (QED) is 0.0267. The standard InChI is InChI=1S/C15H25N2O4P.C15H25N2O3P.C14H22ClN2O3P.C14H22IN2O3P.C13H21FN3O3P/c1-9-10(8-16-15(19)17-9)13-14(20-2)12(18)11(21-13)6-7-22(3,4)5;1-9-13(18)12(6-7-21(3,4)5)20-14(9)11-8-16-15(19)17-10(11)2;2*1-8-9(7-16-14(19)17-8)13-11(15)12(18)10(20-13)5-6-21(2,3)4;1-8-16-13(19)15-7-17(8)12-10(14)11(18)9(20-12)5-6-21(2,3)4/h8,11-14,18H,1,3,6-7H2,2,4-5H3,(H2,16,17,19);8-9,12-14,18H,2-3,6-7H2,1,4-5H3,(H2,16,17,19);2*7,10-13,18H,1-2,5-6H2,3-4H3,(H2,16,17,19);7,9-12,18H,1-2,5-6H2,3-4H3,(H,16,19)/p+1/t11-,12-,13+,14-;9-,12-,13+,14-;2*10-,11-,12-,13+;9-,10-,11-,12-/m11111/s1. The fourth-order valence-corrected chi connectivity index (χ4v) is 18.7. The number of methoxy groups -OCH3 is 1. The van der Waals surface area contributed by atoms with E-state index in [1.165, 1.54) is 17.1 Å². The van der Waals surface area contributed by atoms with Crippen molar-refractivity contribution in [3.63, 3.8) is 0 Å². The number of aliphatic hydroxyl groups excluding tert-OH is 5. The van der Waals surface area contributed by atoms with Gasteiger partial charge in [0.2, 0.25) is 12.0 Å². The van der Waals surface area contributed by atoms with Gasteiger partial charge in [-0.15, -0.1) is 77.5 Å². The molecule has 35 heteroatoms. The van der Waals surface area contributed by atoms with E-state index in [2.05, 4.69) is 207 Å². The lowest BCUT2D eigenvalue weighted by Crippen LogP contribution is -2.50. The molecule has 0 bridgehead atoms. The Morgan fingerprint density at radius 2 is 0.774 bits per heavy atom. The SMILES string of the molecule is C=C1NC(=O)NC=C1[C@@H]1O[C@H](CCP(=C)(C)C)[C@@H](O)[C@H]1C.C=C1NC(=O)NC=C1[C@@H]1O[C@H](CCP(=C)(C)C)[C@@H](O)[C@H]1Cl.C=C1NC(=O)NC=C1[C@@H]1O[C@H](CCP(=C)(C)C)[C@@H](O)[C@H]1I.C=C1NC(=O)NC=C1[C@@H]1O[C@H](CCP(=C)(C)C)[C@@H](O)[C@H]1OC.C=C1NC(=O)NC=[N+]1[C@@H]1O[C@H](CCP(=C)(C)C)[C@@H](O)[C@H]1F. The molecule has 0 aromatic carbocycles. The van der Waals surface area contributed by atoms with E-state index in [-0.39, 0.29) is 76.4 Å². The van der Waals surface area contributed by atoms with E-state index in [1.54, 1.807) is 25.7 Å². The monoisotopic (exact) mass is 1710 g/mol. The van der Waals surface area contributed by atoms with Gasteiger partial charge in [-0.1, -0.05) is 55.8 Å². The number of nitrogens with zero attached hydrogens (tertiary/aromatic N) is 1. The smallest absolute Gasteiger partial charge is 0.390 e. The van der Waals surface area contributed by atoms with Crippen molar-refractivity contribution in [2.45, 2.75) is 152 Å². The van der Waals surface area contributed by atoms with Crippen molar-refractivity contribution in [2.75, 3.05) is 105 Å². The van der Waals surface area contributed by atoms with Gasteiger partial charge in [-0.25, -0.2) is 43.6 Å². The molecule has 0 aliphatic carbocycles. The minimum absolute atomic E-state index is 0.0407. The average Bonchev–Trinajstić information content (AvgIpc) is 1.68. The van der Waals surface area contributed by atoms with Crippen molar-refractivity contribution in [1.82, 2.24) is 53.2 Å². The molecule has 0 aromatic heterocycles. The lowest BCUT2D eigenvalue weighted by molar-refractivity contribution is -0.576. The number of hydrogen-bond acceptors (Lipinski definition) is 16. The van der Waals surface area contributed by atoms with E-state index < -0.39 is 113 Å². The fraction of sp³-hybridized carbons (Fsp3) is 0.592. The summed E-state index contributed by atoms with van der Waals surface area (Å²) >= 11 is 8.51. The first-order valence-electron chi connectivity index (χ1n) is 34.7. The summed E-state index contributed by atoms with van der Waals surface area (Å²) in [6.45, 7) is 36.6. The van der Waals surface area contributed by atoms with Crippen LogP contribution in [0.4, 0.5) is 28.4 Å². The number of ether oxygens (including phenoxy) is 6. The maximum atomic E-state index is 14.3. The molecule has 0 unspecified atom stereocenters. The van der Waals surface area contributed by atoms with Gasteiger partial charge in [0.1, 0.15) is 36.6 Å². The van der Waals surface area contributed by atoms with Crippen LogP contribution >= 0.6 is 68.6 Å². The number of aliphatic hydroxyl groups is 5. The molecule has 15 N–H and O–H groups in total. The van der Waals surface area contributed by atoms with Crippen molar-refractivity contribution < 1.29 is 86.9 Å². The number of hydrogen-bond donors (Lipinski definition) is 15. The zero-order valence-electron chi connectivity index (χ0n) is 63.1. The molecule has 10 aliphatic rings. The highest BCUT2D eigenvalue weighted by Gasteiger charge is 2.51. The molecule has 0 radical (unpaired) electrons. The Balaban J connectivity index is 0.000000208. The summed E-state index contributed by atoms with van der Waals surface area (Å²) in [5, 5.41) is 76.6. The van der Waals surface area contributed by atoms with Gasteiger partial charge in [0.15, 0.2) is 12.5 Å². The van der Waals surface area contributed by atoms with Crippen molar-refractivity contribution in [2.24, 2.45) is 5.92 Å². The van der Waals surface area contributed by atoms with Gasteiger partial charge in [-0.3, -0.25) is 0 Å². The molecule has 0 aromatic rings. The number of carbonyl (C=O) groups excluding carboxylic acids is 5. The highest BCUT2D eigenvalue weighted by Crippen LogP contribution is 2.46. The van der Waals surface area contributed by atoms with Gasteiger partial charge in [0, 0.05) is 82.9 Å². The summed E-state index contributed by atoms with van der Waals surface area (Å²) in [6, 6.07) is -1.71. The third kappa shape index (κ3) is 26.2. The van der Waals surface area contributed by atoms with Crippen LogP contribution in [0.5, 0.6) is 0 Å². The average molecular weight is 1720 g/mol. The van der Waals surface area contributed by atoms with Crippen LogP contribution in [-0.4, -0.2) is 316 Å². The molecule has 5 fully saturated rings. The van der Waals surface area contributed by atoms with E-state index in [0.717, 1.165) is 67.6 Å². The van der Waals surface area contributed by atoms with Gasteiger partial charge >= 0.3 is 30.2 Å². The number of nitrogens with one attached hydrogen (secondary N) is 10. The number of alkyl halides is 3. The molecule has 106 heavy (non-hydrogen) atoms. The maximum absolute atomic E-state index is 14.3. The topological polar surface area (TPSA) is 365 Å². The third-order valence-corrected chi connectivity index (χ3v) is 27.9. The van der Waals surface area contributed by atoms with Crippen LogP contribution < -0.4 is 53.2 Å². The van der Waals surface area contributed by atoms with E-state index in [9.17, 15) is 53.9 Å². The van der Waals surface area contributed by atoms with E-state index in [1.807, 2.05) is 6.92 Å². The van der Waals surface area contributed by atoms with Crippen LogP contribution in [0.25, 0.3) is 0 Å². The van der Waals surface area contributed by atoms with Crippen LogP contribution in [0, 0.1) is 5.92 Å². The first-order valence-corrected chi connectivity index (χ1v) is 51.7. The molecule has 20 atom stereocenters. The summed E-state index contributed by atoms with van der Waals surface area (Å²) in [7, 11) is 1.54. The Bertz CT molecular complexity index is 3380. The summed E-state index contributed by atoms with van der Waals surface area (Å²) in [4.78, 5) is 56.1. The third-order valence-electron chi connectivity index (χ3n) is 18.6. The van der Waals surface area contributed by atoms with Crippen LogP contribution in [0.1, 0.15) is 39.0 Å². The van der Waals surface area contributed by atoms with Gasteiger partial charge in [0.05, 0.1) is 64.2 Å². The van der Waals surface area contributed by atoms with Crippen LogP contribution in [-0.2, 0) is 28.4 Å². The summed E-state index contributed by atoms with van der Waals surface area (Å²) in [5.41, 5.74) is 4.93. The first-order chi connectivity index (χ1) is 49.0. The van der Waals surface area contributed by atoms with Crippen LogP contribution in [0.2, 0.25) is 0 Å². The van der Waals surface area contributed by atoms with Gasteiger partial charge < -0.3 is 96.5 Å². The van der Waals surface area contributed by atoms with Gasteiger partial charge in [0.25, 0.3) is 0 Å². The van der Waals surface area contributed by atoms with Gasteiger partial charge in [-0.05, 0) is 136 Å². The molecule has 0 saturated carbocycles. The zero-order chi connectivity index (χ0) is 79.6. The Morgan fingerprint density at radius 3 is 1.15 bits per heavy atom. The Hall–Kier alpha value is -4.31. The number of carbonyl (C=O) groups is 5. The molecule has 10 heterocycles. The zero-order valence-corrected chi connectivity index (χ0v) is 70.5. The molecule has 0 spiro atoms. The molecule has 10 aliphatic heterocycles. The van der Waals surface area contributed by atoms with Crippen LogP contribution in [0.15, 0.2) is 109 Å². The Kier molecular flexibility index (Phi) is 32.7. The normalized spacial score (nSPS) is 33.2. The molecule has 27 nitrogen and oxygen atoms in total. The largest absolute Gasteiger partial charge is 0.440 e. The maximum Gasteiger partial charge on any atom is 0.440 e. The molecule has 10 amide bonds. The Morgan fingerprint density at radius 1 is 0.462 bits per heavy atom. The Labute approximate surface area is 644 Å². The lowest BCUT2D eigenvalue weighted by Gasteiger charge is -2.25. The van der Waals surface area contributed by atoms with E-state index in [4.69, 9.17) is 40.0 Å². The summed E-state index contributed by atoms with van der Waals surface area (Å²) in [5.74, 6) is 0.172. The van der Waals surface area contributed by atoms with Gasteiger partial charge in [-0.2, -0.15) is 0 Å². The summed E-state index contributed by atoms with van der Waals surface area (Å²) in [6.07, 6.45) is 27.0. The van der Waals surface area contributed by atoms with Crippen LogP contribution in [0.3, 0.4) is 0 Å². The number of halogens is 3. The molecular weight excluding hydrogens is 1600 g/mol. The fourth-order valence-electron chi connectivity index (χ4n) is 12.6. The minimum atomic E-state index is -1.58. The van der Waals surface area contributed by atoms with Crippen molar-refractivity contribution in [3.05, 3.63) is 109 Å². The van der Waals surface area contributed by atoms with E-state index >= 15 is 0 Å². The molecule has 10 rings (SSSR count). The minimum Gasteiger partial charge on any atom is -0.390 e. The molecule has 5 saturated heterocycles. The molecule has 596 valence electrons. The number of urea groups is 5. The first kappa shape index (κ1) is 90.6. The van der Waals surface area contributed by atoms with Crippen molar-refractivity contribution >= 4 is 137 Å². The second kappa shape index (κ2) is 38.3. The van der Waals surface area contributed by atoms with Crippen molar-refractivity contribution in [3.8, 4) is 0 Å². The number of rotatable bonds is 21. The predicted octanol–water partition coefficient (Wildman–Crippen LogP) is 6.09. The second-order valence-electron chi connectivity index (χ2n) is 31.3. The number of amides is 10. The lowest BCUT2D eigenvalue weighted by atomic mass is 9.92. The predicted molar refractivity (Wildman–Crippen MR) is 445 cm³/mol. The second-order valence-corrected chi connectivity index (χ2v) is 54.9. The van der Waals surface area contributed by atoms with E-state index in [0.29, 0.717) is 40.4 Å². The highest BCUT2D eigenvalue weighted by molar-refractivity contribution is 14.1. The highest BCUT2D eigenvalue weighted by atomic mass is 127. The summed E-state index contributed by atoms with van der Waals surface area (Å²) < 4.78 is 50.6.